The molecule has 1 aliphatic carbocycles. The van der Waals surface area contributed by atoms with Crippen molar-refractivity contribution in [1.82, 2.24) is 30.0 Å². The van der Waals surface area contributed by atoms with Crippen LogP contribution in [-0.2, 0) is 20.0 Å². The third kappa shape index (κ3) is 3.49. The number of hydrogen-bond acceptors (Lipinski definition) is 5. The molecular formula is C18H25N7O. The quantitative estimate of drug-likeness (QED) is 0.875. The fraction of sp³-hybridized carbons (Fsp3) is 0.556. The van der Waals surface area contributed by atoms with Gasteiger partial charge in [-0.05, 0) is 26.7 Å². The Morgan fingerprint density at radius 1 is 1.31 bits per heavy atom. The number of rotatable bonds is 4. The number of anilines is 1. The van der Waals surface area contributed by atoms with Crippen molar-refractivity contribution in [2.75, 3.05) is 11.9 Å². The average Bonchev–Trinajstić information content (AvgIpc) is 3.31. The molecular weight excluding hydrogens is 330 g/mol. The van der Waals surface area contributed by atoms with Crippen molar-refractivity contribution < 1.29 is 4.79 Å². The second-order valence-corrected chi connectivity index (χ2v) is 7.42. The van der Waals surface area contributed by atoms with Crippen molar-refractivity contribution in [3.05, 3.63) is 23.7 Å². The maximum absolute atomic E-state index is 12.4. The number of aryl methyl sites for hydroxylation is 1. The molecule has 1 saturated carbocycles. The van der Waals surface area contributed by atoms with Crippen molar-refractivity contribution in [3.8, 4) is 11.4 Å². The first kappa shape index (κ1) is 16.8. The molecule has 2 aromatic rings. The standard InChI is InChI=1S/C18H25N7O/c1-11(2)20-17-14-10-25(18(26)21-13-4-5-13)7-6-15(14)22-16(23-17)12-8-19-24(3)9-12/h8-9,11,13H,4-7,10H2,1-3H3,(H,21,26)(H,20,22,23). The minimum atomic E-state index is 0.0185. The average molecular weight is 355 g/mol. The smallest absolute Gasteiger partial charge is 0.317 e. The Labute approximate surface area is 153 Å². The van der Waals surface area contributed by atoms with E-state index in [4.69, 9.17) is 9.97 Å². The van der Waals surface area contributed by atoms with Gasteiger partial charge < -0.3 is 15.5 Å². The van der Waals surface area contributed by atoms with Crippen molar-refractivity contribution in [1.29, 1.82) is 0 Å². The number of nitrogens with one attached hydrogen (secondary N) is 2. The largest absolute Gasteiger partial charge is 0.367 e. The highest BCUT2D eigenvalue weighted by Gasteiger charge is 2.30. The van der Waals surface area contributed by atoms with Crippen LogP contribution in [0, 0.1) is 0 Å². The van der Waals surface area contributed by atoms with E-state index >= 15 is 0 Å². The molecule has 8 heteroatoms. The summed E-state index contributed by atoms with van der Waals surface area (Å²) in [5.41, 5.74) is 2.93. The first-order chi connectivity index (χ1) is 12.5. The van der Waals surface area contributed by atoms with Gasteiger partial charge in [-0.25, -0.2) is 14.8 Å². The van der Waals surface area contributed by atoms with Crippen LogP contribution in [0.2, 0.25) is 0 Å². The van der Waals surface area contributed by atoms with Gasteiger partial charge in [0, 0.05) is 43.9 Å². The van der Waals surface area contributed by atoms with Gasteiger partial charge >= 0.3 is 6.03 Å². The van der Waals surface area contributed by atoms with Crippen molar-refractivity contribution in [2.24, 2.45) is 7.05 Å². The number of carbonyl (C=O) groups is 1. The molecule has 0 atom stereocenters. The first-order valence-corrected chi connectivity index (χ1v) is 9.20. The van der Waals surface area contributed by atoms with Gasteiger partial charge in [0.15, 0.2) is 5.82 Å². The van der Waals surface area contributed by atoms with Gasteiger partial charge in [0.1, 0.15) is 5.82 Å². The van der Waals surface area contributed by atoms with E-state index in [1.165, 1.54) is 0 Å². The van der Waals surface area contributed by atoms with Crippen LogP contribution in [0.15, 0.2) is 12.4 Å². The van der Waals surface area contributed by atoms with Crippen molar-refractivity contribution >= 4 is 11.8 Å². The van der Waals surface area contributed by atoms with Gasteiger partial charge in [-0.15, -0.1) is 0 Å². The zero-order valence-corrected chi connectivity index (χ0v) is 15.5. The van der Waals surface area contributed by atoms with Gasteiger partial charge in [-0.2, -0.15) is 5.10 Å². The Hall–Kier alpha value is -2.64. The highest BCUT2D eigenvalue weighted by atomic mass is 16.2. The molecule has 8 nitrogen and oxygen atoms in total. The Balaban J connectivity index is 1.65. The van der Waals surface area contributed by atoms with E-state index in [1.807, 2.05) is 18.1 Å². The van der Waals surface area contributed by atoms with Gasteiger partial charge in [-0.1, -0.05) is 0 Å². The minimum Gasteiger partial charge on any atom is -0.367 e. The van der Waals surface area contributed by atoms with Gasteiger partial charge in [0.25, 0.3) is 0 Å². The Kier molecular flexibility index (Phi) is 4.26. The molecule has 0 radical (unpaired) electrons. The lowest BCUT2D eigenvalue weighted by molar-refractivity contribution is 0.191. The predicted octanol–water partition coefficient (Wildman–Crippen LogP) is 1.93. The number of urea groups is 1. The summed E-state index contributed by atoms with van der Waals surface area (Å²) < 4.78 is 1.75. The van der Waals surface area contributed by atoms with Crippen LogP contribution in [0.3, 0.4) is 0 Å². The summed E-state index contributed by atoms with van der Waals surface area (Å²) in [4.78, 5) is 23.8. The third-order valence-electron chi connectivity index (χ3n) is 4.64. The van der Waals surface area contributed by atoms with Crippen LogP contribution in [-0.4, -0.2) is 49.3 Å². The van der Waals surface area contributed by atoms with Crippen LogP contribution in [0.1, 0.15) is 37.9 Å². The third-order valence-corrected chi connectivity index (χ3v) is 4.64. The summed E-state index contributed by atoms with van der Waals surface area (Å²) in [5, 5.41) is 10.7. The van der Waals surface area contributed by atoms with Crippen molar-refractivity contribution in [2.45, 2.75) is 51.7 Å². The molecule has 3 heterocycles. The van der Waals surface area contributed by atoms with Gasteiger partial charge in [-0.3, -0.25) is 4.68 Å². The second kappa shape index (κ2) is 6.59. The lowest BCUT2D eigenvalue weighted by Gasteiger charge is -2.30. The molecule has 2 N–H and O–H groups in total. The predicted molar refractivity (Wildman–Crippen MR) is 98.7 cm³/mol. The van der Waals surface area contributed by atoms with Gasteiger partial charge in [0.05, 0.1) is 24.0 Å². The highest BCUT2D eigenvalue weighted by Crippen LogP contribution is 2.28. The Morgan fingerprint density at radius 2 is 2.12 bits per heavy atom. The topological polar surface area (TPSA) is 88.0 Å². The molecule has 2 aliphatic rings. The molecule has 0 saturated heterocycles. The van der Waals surface area contributed by atoms with E-state index in [9.17, 15) is 4.79 Å². The first-order valence-electron chi connectivity index (χ1n) is 9.20. The normalized spacial score (nSPS) is 16.5. The lowest BCUT2D eigenvalue weighted by atomic mass is 10.1. The number of nitrogens with zero attached hydrogens (tertiary/aromatic N) is 5. The molecule has 0 spiro atoms. The van der Waals surface area contributed by atoms with E-state index < -0.39 is 0 Å². The van der Waals surface area contributed by atoms with Crippen LogP contribution in [0.4, 0.5) is 10.6 Å². The minimum absolute atomic E-state index is 0.0185. The molecule has 1 aliphatic heterocycles. The molecule has 0 unspecified atom stereocenters. The maximum Gasteiger partial charge on any atom is 0.317 e. The Bertz CT molecular complexity index is 825. The van der Waals surface area contributed by atoms with E-state index in [1.54, 1.807) is 10.9 Å². The van der Waals surface area contributed by atoms with E-state index in [0.29, 0.717) is 25.0 Å². The molecule has 4 rings (SSSR count). The number of carbonyl (C=O) groups excluding carboxylic acids is 1. The number of fused-ring (bicyclic) bond motifs is 1. The van der Waals surface area contributed by atoms with Crippen LogP contribution >= 0.6 is 0 Å². The molecule has 138 valence electrons. The summed E-state index contributed by atoms with van der Waals surface area (Å²) in [6, 6.07) is 0.623. The monoisotopic (exact) mass is 355 g/mol. The summed E-state index contributed by atoms with van der Waals surface area (Å²) in [6.07, 6.45) is 6.61. The molecule has 2 aromatic heterocycles. The van der Waals surface area contributed by atoms with E-state index in [2.05, 4.69) is 29.6 Å². The number of aromatic nitrogens is 4. The van der Waals surface area contributed by atoms with Crippen molar-refractivity contribution in [3.63, 3.8) is 0 Å². The number of amides is 2. The second-order valence-electron chi connectivity index (χ2n) is 7.42. The summed E-state index contributed by atoms with van der Waals surface area (Å²) in [7, 11) is 1.88. The van der Waals surface area contributed by atoms with E-state index in [0.717, 1.165) is 41.9 Å². The summed E-state index contributed by atoms with van der Waals surface area (Å²) in [5.74, 6) is 1.49. The molecule has 1 fully saturated rings. The molecule has 0 aromatic carbocycles. The highest BCUT2D eigenvalue weighted by molar-refractivity contribution is 5.75. The zero-order chi connectivity index (χ0) is 18.3. The zero-order valence-electron chi connectivity index (χ0n) is 15.5. The van der Waals surface area contributed by atoms with Gasteiger partial charge in [0.2, 0.25) is 0 Å². The fourth-order valence-corrected chi connectivity index (χ4v) is 3.14. The molecule has 2 amide bonds. The molecule has 26 heavy (non-hydrogen) atoms. The molecule has 0 bridgehead atoms. The van der Waals surface area contributed by atoms with E-state index in [-0.39, 0.29) is 12.1 Å². The fourth-order valence-electron chi connectivity index (χ4n) is 3.14. The summed E-state index contributed by atoms with van der Waals surface area (Å²) >= 11 is 0. The Morgan fingerprint density at radius 3 is 2.77 bits per heavy atom. The van der Waals surface area contributed by atoms with Crippen LogP contribution < -0.4 is 10.6 Å². The SMILES string of the molecule is CC(C)Nc1nc(-c2cnn(C)c2)nc2c1CN(C(=O)NC1CC1)CC2. The van der Waals surface area contributed by atoms with Crippen LogP contribution in [0.5, 0.6) is 0 Å². The lowest BCUT2D eigenvalue weighted by Crippen LogP contribution is -2.44. The maximum atomic E-state index is 12.4. The van der Waals surface area contributed by atoms with Crippen LogP contribution in [0.25, 0.3) is 11.4 Å². The summed E-state index contributed by atoms with van der Waals surface area (Å²) in [6.45, 7) is 5.38. The number of hydrogen-bond donors (Lipinski definition) is 2.